The van der Waals surface area contributed by atoms with Gasteiger partial charge in [-0.15, -0.1) is 11.8 Å². The lowest BCUT2D eigenvalue weighted by Gasteiger charge is -2.10. The molecule has 2 atom stereocenters. The summed E-state index contributed by atoms with van der Waals surface area (Å²) in [6.07, 6.45) is 1.77. The van der Waals surface area contributed by atoms with Crippen molar-refractivity contribution in [2.75, 3.05) is 12.4 Å². The van der Waals surface area contributed by atoms with Gasteiger partial charge < -0.3 is 9.52 Å². The van der Waals surface area contributed by atoms with E-state index < -0.39 is 0 Å². The number of nitrogens with zero attached hydrogens (tertiary/aromatic N) is 1. The average Bonchev–Trinajstić information content (AvgIpc) is 2.95. The number of oxazole rings is 1. The molecule has 0 amide bonds. The van der Waals surface area contributed by atoms with Crippen LogP contribution in [0.15, 0.2) is 40.9 Å². The monoisotopic (exact) mass is 277 g/mol. The Morgan fingerprint density at radius 3 is 2.68 bits per heavy atom. The van der Waals surface area contributed by atoms with E-state index in [-0.39, 0.29) is 11.9 Å². The Hall–Kier alpha value is -1.26. The molecule has 0 spiro atoms. The minimum absolute atomic E-state index is 0.200. The van der Waals surface area contributed by atoms with Crippen LogP contribution in [0.2, 0.25) is 0 Å². The fourth-order valence-corrected chi connectivity index (χ4v) is 2.62. The first-order valence-electron chi connectivity index (χ1n) is 6.44. The first-order valence-corrected chi connectivity index (χ1v) is 7.49. The molecule has 0 fully saturated rings. The Labute approximate surface area is 118 Å². The summed E-state index contributed by atoms with van der Waals surface area (Å²) in [4.78, 5) is 4.35. The Morgan fingerprint density at radius 2 is 2.00 bits per heavy atom. The van der Waals surface area contributed by atoms with Gasteiger partial charge in [-0.1, -0.05) is 37.3 Å². The topological polar surface area (TPSA) is 46.3 Å². The number of aromatic nitrogens is 1. The zero-order valence-corrected chi connectivity index (χ0v) is 12.1. The van der Waals surface area contributed by atoms with Crippen LogP contribution in [0.1, 0.15) is 25.0 Å². The van der Waals surface area contributed by atoms with E-state index in [1.54, 1.807) is 18.0 Å². The van der Waals surface area contributed by atoms with Gasteiger partial charge in [0.2, 0.25) is 5.89 Å². The lowest BCUT2D eigenvalue weighted by molar-refractivity contribution is 0.250. The van der Waals surface area contributed by atoms with E-state index in [1.165, 1.54) is 0 Å². The first kappa shape index (κ1) is 14.2. The molecule has 0 bridgehead atoms. The van der Waals surface area contributed by atoms with Gasteiger partial charge >= 0.3 is 0 Å². The summed E-state index contributed by atoms with van der Waals surface area (Å²) in [7, 11) is 0. The maximum absolute atomic E-state index is 9.02. The second-order valence-electron chi connectivity index (χ2n) is 4.69. The van der Waals surface area contributed by atoms with E-state index in [0.29, 0.717) is 5.92 Å². The summed E-state index contributed by atoms with van der Waals surface area (Å²) < 4.78 is 5.80. The van der Waals surface area contributed by atoms with Crippen molar-refractivity contribution in [2.24, 2.45) is 5.92 Å². The summed E-state index contributed by atoms with van der Waals surface area (Å²) in [5.41, 5.74) is 1.04. The molecule has 2 unspecified atom stereocenters. The normalized spacial score (nSPS) is 14.3. The minimum atomic E-state index is 0.200. The van der Waals surface area contributed by atoms with Gasteiger partial charge in [0.1, 0.15) is 0 Å². The van der Waals surface area contributed by atoms with Gasteiger partial charge in [-0.3, -0.25) is 0 Å². The van der Waals surface area contributed by atoms with Gasteiger partial charge in [0.25, 0.3) is 0 Å². The van der Waals surface area contributed by atoms with Crippen molar-refractivity contribution in [3.8, 4) is 11.3 Å². The maximum Gasteiger partial charge on any atom is 0.207 e. The first-order chi connectivity index (χ1) is 9.20. The third kappa shape index (κ3) is 3.85. The molecule has 102 valence electrons. The molecule has 0 aliphatic heterocycles. The largest absolute Gasteiger partial charge is 0.440 e. The fourth-order valence-electron chi connectivity index (χ4n) is 1.64. The highest BCUT2D eigenvalue weighted by Crippen LogP contribution is 2.31. The molecule has 2 rings (SSSR count). The third-order valence-electron chi connectivity index (χ3n) is 2.87. The van der Waals surface area contributed by atoms with Crippen LogP contribution in [0, 0.1) is 5.92 Å². The highest BCUT2D eigenvalue weighted by Gasteiger charge is 2.14. The van der Waals surface area contributed by atoms with Crippen LogP contribution in [0.3, 0.4) is 0 Å². The highest BCUT2D eigenvalue weighted by molar-refractivity contribution is 7.99. The summed E-state index contributed by atoms with van der Waals surface area (Å²) in [6.45, 7) is 4.33. The molecule has 0 saturated heterocycles. The van der Waals surface area contributed by atoms with E-state index in [0.717, 1.165) is 23.0 Å². The number of aliphatic hydroxyl groups is 1. The van der Waals surface area contributed by atoms with Gasteiger partial charge in [-0.25, -0.2) is 4.98 Å². The second kappa shape index (κ2) is 6.78. The Morgan fingerprint density at radius 1 is 1.26 bits per heavy atom. The zero-order chi connectivity index (χ0) is 13.7. The van der Waals surface area contributed by atoms with Crippen LogP contribution in [0.5, 0.6) is 0 Å². The molecule has 0 aliphatic rings. The molecule has 1 heterocycles. The lowest BCUT2D eigenvalue weighted by Crippen LogP contribution is -2.04. The van der Waals surface area contributed by atoms with Crippen molar-refractivity contribution < 1.29 is 9.52 Å². The fraction of sp³-hybridized carbons (Fsp3) is 0.400. The Kier molecular flexibility index (Phi) is 5.05. The number of hydrogen-bond donors (Lipinski definition) is 1. The van der Waals surface area contributed by atoms with Crippen molar-refractivity contribution in [3.05, 3.63) is 42.4 Å². The van der Waals surface area contributed by atoms with Gasteiger partial charge in [0.05, 0.1) is 11.4 Å². The lowest BCUT2D eigenvalue weighted by atomic mass is 10.2. The van der Waals surface area contributed by atoms with Gasteiger partial charge in [-0.2, -0.15) is 0 Å². The third-order valence-corrected chi connectivity index (χ3v) is 4.34. The van der Waals surface area contributed by atoms with Gasteiger partial charge in [-0.05, 0) is 18.6 Å². The summed E-state index contributed by atoms with van der Waals surface area (Å²) in [5.74, 6) is 2.75. The van der Waals surface area contributed by atoms with Crippen LogP contribution in [0.4, 0.5) is 0 Å². The van der Waals surface area contributed by atoms with E-state index >= 15 is 0 Å². The minimum Gasteiger partial charge on any atom is -0.440 e. The second-order valence-corrected chi connectivity index (χ2v) is 6.07. The van der Waals surface area contributed by atoms with Gasteiger partial charge in [0, 0.05) is 12.2 Å². The summed E-state index contributed by atoms with van der Waals surface area (Å²) in [5, 5.41) is 9.22. The van der Waals surface area contributed by atoms with Crippen molar-refractivity contribution >= 4 is 11.8 Å². The molecule has 3 nitrogen and oxygen atoms in total. The van der Waals surface area contributed by atoms with Crippen LogP contribution in [0.25, 0.3) is 11.3 Å². The number of benzene rings is 1. The Balaban J connectivity index is 2.01. The van der Waals surface area contributed by atoms with E-state index in [2.05, 4.69) is 11.9 Å². The zero-order valence-electron chi connectivity index (χ0n) is 11.2. The van der Waals surface area contributed by atoms with Crippen molar-refractivity contribution in [3.63, 3.8) is 0 Å². The highest BCUT2D eigenvalue weighted by atomic mass is 32.2. The van der Waals surface area contributed by atoms with Crippen molar-refractivity contribution in [2.45, 2.75) is 19.1 Å². The van der Waals surface area contributed by atoms with Crippen LogP contribution in [-0.4, -0.2) is 22.5 Å². The SMILES string of the molecule is CC(CO)CSC(C)c1ncc(-c2ccccc2)o1. The van der Waals surface area contributed by atoms with E-state index in [4.69, 9.17) is 9.52 Å². The standard InChI is InChI=1S/C15H19NO2S/c1-11(9-17)10-19-12(2)15-16-8-14(18-15)13-6-4-3-5-7-13/h3-8,11-12,17H,9-10H2,1-2H3. The Bertz CT molecular complexity index is 498. The number of aliphatic hydroxyl groups excluding tert-OH is 1. The van der Waals surface area contributed by atoms with Crippen molar-refractivity contribution in [1.29, 1.82) is 0 Å². The van der Waals surface area contributed by atoms with E-state index in [9.17, 15) is 0 Å². The van der Waals surface area contributed by atoms with Crippen LogP contribution in [-0.2, 0) is 0 Å². The van der Waals surface area contributed by atoms with Gasteiger partial charge in [0.15, 0.2) is 5.76 Å². The summed E-state index contributed by atoms with van der Waals surface area (Å²) in [6, 6.07) is 9.97. The molecule has 0 saturated carbocycles. The van der Waals surface area contributed by atoms with Crippen LogP contribution < -0.4 is 0 Å². The molecule has 19 heavy (non-hydrogen) atoms. The molecule has 1 N–H and O–H groups in total. The predicted molar refractivity (Wildman–Crippen MR) is 79.1 cm³/mol. The van der Waals surface area contributed by atoms with Crippen molar-refractivity contribution in [1.82, 2.24) is 4.98 Å². The molecule has 1 aromatic heterocycles. The number of hydrogen-bond acceptors (Lipinski definition) is 4. The quantitative estimate of drug-likeness (QED) is 0.873. The molecule has 2 aromatic rings. The molecular formula is C15H19NO2S. The smallest absolute Gasteiger partial charge is 0.207 e. The number of thioether (sulfide) groups is 1. The van der Waals surface area contributed by atoms with Crippen LogP contribution >= 0.6 is 11.8 Å². The summed E-state index contributed by atoms with van der Waals surface area (Å²) >= 11 is 1.75. The predicted octanol–water partition coefficient (Wildman–Crippen LogP) is 3.76. The molecule has 0 radical (unpaired) electrons. The number of rotatable bonds is 6. The molecule has 0 aliphatic carbocycles. The van der Waals surface area contributed by atoms with E-state index in [1.807, 2.05) is 37.3 Å². The molecular weight excluding hydrogens is 258 g/mol. The molecule has 1 aromatic carbocycles. The average molecular weight is 277 g/mol. The maximum atomic E-state index is 9.02. The molecule has 4 heteroatoms.